The molecule has 3 rings (SSSR count). The Morgan fingerprint density at radius 3 is 2.17 bits per heavy atom. The highest BCUT2D eigenvalue weighted by atomic mass is 35.5. The van der Waals surface area contributed by atoms with Gasteiger partial charge in [-0.2, -0.15) is 18.2 Å². The minimum absolute atomic E-state index is 0.00569. The number of likely N-dealkylation sites (tertiary alicyclic amines) is 1. The maximum absolute atomic E-state index is 13.8. The van der Waals surface area contributed by atoms with E-state index < -0.39 is 50.4 Å². The van der Waals surface area contributed by atoms with E-state index in [-0.39, 0.29) is 47.6 Å². The Labute approximate surface area is 203 Å². The van der Waals surface area contributed by atoms with Crippen LogP contribution in [0.3, 0.4) is 0 Å². The van der Waals surface area contributed by atoms with E-state index in [1.165, 1.54) is 29.2 Å². The fraction of sp³-hybridized carbons (Fsp3) is 0.286. The molecule has 2 amide bonds. The highest BCUT2D eigenvalue weighted by Gasteiger charge is 2.37. The van der Waals surface area contributed by atoms with Crippen LogP contribution in [0.4, 0.5) is 13.2 Å². The molecule has 0 bridgehead atoms. The lowest BCUT2D eigenvalue weighted by atomic mass is 9.85. The van der Waals surface area contributed by atoms with Crippen LogP contribution < -0.4 is 16.6 Å². The highest BCUT2D eigenvalue weighted by Crippen LogP contribution is 2.39. The molecule has 1 aliphatic heterocycles. The van der Waals surface area contributed by atoms with E-state index in [9.17, 15) is 31.2 Å². The van der Waals surface area contributed by atoms with Gasteiger partial charge in [-0.15, -0.1) is 0 Å². The van der Waals surface area contributed by atoms with Crippen molar-refractivity contribution in [2.75, 3.05) is 13.1 Å². The number of primary sulfonamides is 1. The number of benzene rings is 2. The lowest BCUT2D eigenvalue weighted by molar-refractivity contribution is -0.138. The van der Waals surface area contributed by atoms with E-state index in [1.54, 1.807) is 0 Å². The standard InChI is InChI=1S/C21H21ClF3N5O4S/c22-16-4-2-13(10-17(16)35(28,33)34)19(32)30-7-5-11(6-8-30)14-3-1-12(18(31)29-20(26)27)9-15(14)21(23,24)25/h1-4,9-11H,5-8H2,(H2,28,33,34)(H4,26,27,29,31). The third-order valence-corrected chi connectivity index (χ3v) is 6.94. The van der Waals surface area contributed by atoms with Crippen LogP contribution in [0.25, 0.3) is 0 Å². The number of nitrogens with two attached hydrogens (primary N) is 3. The number of nitrogens with zero attached hydrogens (tertiary/aromatic N) is 2. The topological polar surface area (TPSA) is 162 Å². The van der Waals surface area contributed by atoms with Crippen LogP contribution in [0.5, 0.6) is 0 Å². The van der Waals surface area contributed by atoms with Gasteiger partial charge < -0.3 is 16.4 Å². The van der Waals surface area contributed by atoms with Gasteiger partial charge in [-0.25, -0.2) is 13.6 Å². The van der Waals surface area contributed by atoms with Gasteiger partial charge in [-0.3, -0.25) is 9.59 Å². The number of aliphatic imine (C=N–C) groups is 1. The first-order chi connectivity index (χ1) is 16.2. The number of hydrogen-bond donors (Lipinski definition) is 3. The molecule has 14 heteroatoms. The molecule has 1 heterocycles. The van der Waals surface area contributed by atoms with Gasteiger partial charge in [0.25, 0.3) is 11.8 Å². The fourth-order valence-electron chi connectivity index (χ4n) is 3.90. The Kier molecular flexibility index (Phi) is 7.43. The fourth-order valence-corrected chi connectivity index (χ4v) is 4.97. The van der Waals surface area contributed by atoms with E-state index in [4.69, 9.17) is 28.2 Å². The molecule has 188 valence electrons. The number of hydrogen-bond acceptors (Lipinski definition) is 4. The Hall–Kier alpha value is -3.16. The van der Waals surface area contributed by atoms with Gasteiger partial charge in [-0.05, 0) is 54.7 Å². The first kappa shape index (κ1) is 26.4. The van der Waals surface area contributed by atoms with E-state index in [0.29, 0.717) is 6.07 Å². The second-order valence-electron chi connectivity index (χ2n) is 7.90. The lowest BCUT2D eigenvalue weighted by Gasteiger charge is -2.33. The van der Waals surface area contributed by atoms with Crippen molar-refractivity contribution < 1.29 is 31.2 Å². The monoisotopic (exact) mass is 531 g/mol. The molecule has 1 aliphatic rings. The maximum Gasteiger partial charge on any atom is 0.416 e. The van der Waals surface area contributed by atoms with E-state index in [1.807, 2.05) is 0 Å². The van der Waals surface area contributed by atoms with Crippen LogP contribution in [0.15, 0.2) is 46.3 Å². The summed E-state index contributed by atoms with van der Waals surface area (Å²) in [6, 6.07) is 6.81. The average Bonchev–Trinajstić information content (AvgIpc) is 2.77. The van der Waals surface area contributed by atoms with Crippen LogP contribution in [0.2, 0.25) is 5.02 Å². The van der Waals surface area contributed by atoms with Crippen molar-refractivity contribution in [1.29, 1.82) is 0 Å². The minimum atomic E-state index is -4.73. The number of halogens is 4. The van der Waals surface area contributed by atoms with Gasteiger partial charge in [0.2, 0.25) is 10.0 Å². The molecule has 0 radical (unpaired) electrons. The zero-order valence-electron chi connectivity index (χ0n) is 18.0. The Bertz CT molecular complexity index is 1300. The first-order valence-electron chi connectivity index (χ1n) is 10.1. The van der Waals surface area contributed by atoms with Crippen molar-refractivity contribution in [3.63, 3.8) is 0 Å². The van der Waals surface area contributed by atoms with Gasteiger partial charge >= 0.3 is 6.18 Å². The van der Waals surface area contributed by atoms with Gasteiger partial charge in [0.15, 0.2) is 5.96 Å². The Balaban J connectivity index is 1.81. The van der Waals surface area contributed by atoms with Crippen molar-refractivity contribution in [1.82, 2.24) is 4.90 Å². The Morgan fingerprint density at radius 2 is 1.63 bits per heavy atom. The summed E-state index contributed by atoms with van der Waals surface area (Å²) in [4.78, 5) is 29.1. The molecule has 0 unspecified atom stereocenters. The number of carbonyl (C=O) groups is 2. The quantitative estimate of drug-likeness (QED) is 0.405. The van der Waals surface area contributed by atoms with Gasteiger partial charge in [-0.1, -0.05) is 17.7 Å². The molecule has 35 heavy (non-hydrogen) atoms. The molecule has 2 aromatic rings. The first-order valence-corrected chi connectivity index (χ1v) is 12.1. The number of guanidine groups is 1. The summed E-state index contributed by atoms with van der Waals surface area (Å²) in [5.41, 5.74) is 9.00. The van der Waals surface area contributed by atoms with Crippen molar-refractivity contribution in [2.45, 2.75) is 29.8 Å². The summed E-state index contributed by atoms with van der Waals surface area (Å²) in [5.74, 6) is -2.60. The summed E-state index contributed by atoms with van der Waals surface area (Å²) in [5, 5.41) is 4.99. The third-order valence-electron chi connectivity index (χ3n) is 5.54. The lowest BCUT2D eigenvalue weighted by Crippen LogP contribution is -2.38. The molecule has 1 fully saturated rings. The van der Waals surface area contributed by atoms with Gasteiger partial charge in [0.05, 0.1) is 10.6 Å². The zero-order valence-corrected chi connectivity index (χ0v) is 19.6. The maximum atomic E-state index is 13.8. The number of rotatable bonds is 4. The zero-order chi connectivity index (χ0) is 26.1. The molecule has 0 saturated carbocycles. The van der Waals surface area contributed by atoms with Crippen molar-refractivity contribution in [3.8, 4) is 0 Å². The van der Waals surface area contributed by atoms with Crippen LogP contribution >= 0.6 is 11.6 Å². The van der Waals surface area contributed by atoms with Crippen molar-refractivity contribution >= 4 is 39.4 Å². The SMILES string of the molecule is NC(N)=NC(=O)c1ccc(C2CCN(C(=O)c3ccc(Cl)c(S(N)(=O)=O)c3)CC2)c(C(F)(F)F)c1. The normalized spacial score (nSPS) is 15.1. The summed E-state index contributed by atoms with van der Waals surface area (Å²) >= 11 is 5.85. The predicted molar refractivity (Wildman–Crippen MR) is 122 cm³/mol. The summed E-state index contributed by atoms with van der Waals surface area (Å²) < 4.78 is 64.7. The van der Waals surface area contributed by atoms with E-state index >= 15 is 0 Å². The number of carbonyl (C=O) groups excluding carboxylic acids is 2. The van der Waals surface area contributed by atoms with Crippen LogP contribution in [0, 0.1) is 0 Å². The summed E-state index contributed by atoms with van der Waals surface area (Å²) in [6.07, 6.45) is -4.30. The molecule has 0 aliphatic carbocycles. The minimum Gasteiger partial charge on any atom is -0.370 e. The van der Waals surface area contributed by atoms with Gasteiger partial charge in [0.1, 0.15) is 4.90 Å². The molecular weight excluding hydrogens is 511 g/mol. The van der Waals surface area contributed by atoms with Crippen LogP contribution in [-0.4, -0.2) is 44.2 Å². The van der Waals surface area contributed by atoms with Crippen molar-refractivity contribution in [3.05, 3.63) is 63.7 Å². The predicted octanol–water partition coefficient (Wildman–Crippen LogP) is 2.44. The van der Waals surface area contributed by atoms with Crippen LogP contribution in [0.1, 0.15) is 50.6 Å². The average molecular weight is 532 g/mol. The molecule has 9 nitrogen and oxygen atoms in total. The summed E-state index contributed by atoms with van der Waals surface area (Å²) in [6.45, 7) is 0.256. The number of amides is 2. The molecule has 0 spiro atoms. The van der Waals surface area contributed by atoms with Gasteiger partial charge in [0, 0.05) is 24.2 Å². The van der Waals surface area contributed by atoms with Crippen molar-refractivity contribution in [2.24, 2.45) is 21.6 Å². The number of sulfonamides is 1. The number of piperidine rings is 1. The third kappa shape index (κ3) is 6.10. The van der Waals surface area contributed by atoms with E-state index in [2.05, 4.69) is 4.99 Å². The molecule has 6 N–H and O–H groups in total. The number of alkyl halides is 3. The highest BCUT2D eigenvalue weighted by molar-refractivity contribution is 7.89. The molecule has 0 atom stereocenters. The van der Waals surface area contributed by atoms with Crippen LogP contribution in [-0.2, 0) is 16.2 Å². The van der Waals surface area contributed by atoms with E-state index in [0.717, 1.165) is 6.07 Å². The second-order valence-corrected chi connectivity index (χ2v) is 9.84. The summed E-state index contributed by atoms with van der Waals surface area (Å²) in [7, 11) is -4.16. The Morgan fingerprint density at radius 1 is 1.03 bits per heavy atom. The second kappa shape index (κ2) is 9.84. The largest absolute Gasteiger partial charge is 0.416 e. The molecule has 0 aromatic heterocycles. The molecular formula is C21H21ClF3N5O4S. The smallest absolute Gasteiger partial charge is 0.370 e. The molecule has 2 aromatic carbocycles. The molecule has 1 saturated heterocycles.